The van der Waals surface area contributed by atoms with Crippen LogP contribution in [0.25, 0.3) is 11.0 Å². The average Bonchev–Trinajstić information content (AvgIpc) is 3.24. The van der Waals surface area contributed by atoms with E-state index in [9.17, 15) is 9.59 Å². The van der Waals surface area contributed by atoms with Crippen LogP contribution in [-0.4, -0.2) is 31.2 Å². The van der Waals surface area contributed by atoms with Crippen LogP contribution in [0.4, 0.5) is 0 Å². The van der Waals surface area contributed by atoms with Crippen LogP contribution in [-0.2, 0) is 22.7 Å². The number of hydrogen-bond acceptors (Lipinski definition) is 4. The van der Waals surface area contributed by atoms with Crippen molar-refractivity contribution in [2.24, 2.45) is 0 Å². The fourth-order valence-corrected chi connectivity index (χ4v) is 4.43. The summed E-state index contributed by atoms with van der Waals surface area (Å²) in [6, 6.07) is 22.4. The van der Waals surface area contributed by atoms with Gasteiger partial charge in [0.15, 0.2) is 0 Å². The molecule has 0 aliphatic carbocycles. The van der Waals surface area contributed by atoms with Crippen LogP contribution in [0.1, 0.15) is 42.5 Å². The lowest BCUT2D eigenvalue weighted by Crippen LogP contribution is -2.46. The Bertz CT molecular complexity index is 1290. The van der Waals surface area contributed by atoms with Crippen molar-refractivity contribution in [2.75, 3.05) is 0 Å². The molecular formula is C26H25N5O2. The maximum atomic E-state index is 13.7. The van der Waals surface area contributed by atoms with E-state index in [1.54, 1.807) is 6.20 Å². The number of benzene rings is 2. The number of pyridine rings is 1. The summed E-state index contributed by atoms with van der Waals surface area (Å²) in [5, 5.41) is 2.91. The van der Waals surface area contributed by atoms with E-state index in [0.29, 0.717) is 13.1 Å². The first-order valence-corrected chi connectivity index (χ1v) is 11.1. The molecule has 2 amide bonds. The third-order valence-corrected chi connectivity index (χ3v) is 6.11. The van der Waals surface area contributed by atoms with Crippen molar-refractivity contribution in [3.8, 4) is 0 Å². The highest BCUT2D eigenvalue weighted by Gasteiger charge is 2.40. The van der Waals surface area contributed by atoms with Crippen LogP contribution in [0, 0.1) is 0 Å². The second-order valence-electron chi connectivity index (χ2n) is 8.27. The zero-order valence-electron chi connectivity index (χ0n) is 18.4. The van der Waals surface area contributed by atoms with Crippen LogP contribution < -0.4 is 5.32 Å². The zero-order chi connectivity index (χ0) is 22.8. The normalized spacial score (nSPS) is 17.7. The van der Waals surface area contributed by atoms with Gasteiger partial charge in [-0.1, -0.05) is 48.5 Å². The fourth-order valence-electron chi connectivity index (χ4n) is 4.43. The smallest absolute Gasteiger partial charge is 0.247 e. The third kappa shape index (κ3) is 4.09. The molecule has 7 nitrogen and oxygen atoms in total. The van der Waals surface area contributed by atoms with Crippen molar-refractivity contribution in [1.29, 1.82) is 0 Å². The Morgan fingerprint density at radius 3 is 2.55 bits per heavy atom. The Morgan fingerprint density at radius 2 is 1.76 bits per heavy atom. The first kappa shape index (κ1) is 20.9. The van der Waals surface area contributed by atoms with Gasteiger partial charge in [-0.3, -0.25) is 14.6 Å². The molecule has 3 heterocycles. The molecule has 2 aromatic heterocycles. The van der Waals surface area contributed by atoms with Crippen molar-refractivity contribution in [3.05, 3.63) is 96.1 Å². The van der Waals surface area contributed by atoms with Crippen LogP contribution in [0.3, 0.4) is 0 Å². The third-order valence-electron chi connectivity index (χ3n) is 6.11. The van der Waals surface area contributed by atoms with Crippen LogP contribution in [0.15, 0.2) is 79.0 Å². The summed E-state index contributed by atoms with van der Waals surface area (Å²) in [5.74, 6) is 0.529. The lowest BCUT2D eigenvalue weighted by atomic mass is 10.0. The van der Waals surface area contributed by atoms with Gasteiger partial charge in [0, 0.05) is 12.7 Å². The first-order chi connectivity index (χ1) is 16.1. The number of nitrogens with one attached hydrogen (secondary N) is 1. The number of imidazole rings is 1. The number of carbonyl (C=O) groups is 2. The zero-order valence-corrected chi connectivity index (χ0v) is 18.4. The molecule has 0 saturated heterocycles. The van der Waals surface area contributed by atoms with Crippen molar-refractivity contribution >= 4 is 22.8 Å². The van der Waals surface area contributed by atoms with E-state index in [1.165, 1.54) is 0 Å². The van der Waals surface area contributed by atoms with Crippen molar-refractivity contribution in [1.82, 2.24) is 24.8 Å². The SMILES string of the molecule is C[C@@H]1c2nc3ccccc3n2[C@H](CC(=O)NCc2ccccn2)C(=O)N1Cc1ccccc1. The molecule has 0 radical (unpaired) electrons. The highest BCUT2D eigenvalue weighted by atomic mass is 16.2. The molecule has 7 heteroatoms. The Labute approximate surface area is 192 Å². The lowest BCUT2D eigenvalue weighted by molar-refractivity contribution is -0.142. The summed E-state index contributed by atoms with van der Waals surface area (Å²) in [5.41, 5.74) is 3.51. The monoisotopic (exact) mass is 439 g/mol. The van der Waals surface area contributed by atoms with Gasteiger partial charge in [-0.15, -0.1) is 0 Å². The van der Waals surface area contributed by atoms with Crippen molar-refractivity contribution in [2.45, 2.75) is 38.5 Å². The number of nitrogens with zero attached hydrogens (tertiary/aromatic N) is 4. The van der Waals surface area contributed by atoms with Gasteiger partial charge in [0.25, 0.3) is 0 Å². The van der Waals surface area contributed by atoms with Gasteiger partial charge < -0.3 is 14.8 Å². The molecule has 1 aliphatic heterocycles. The average molecular weight is 440 g/mol. The Morgan fingerprint density at radius 1 is 1.00 bits per heavy atom. The minimum Gasteiger partial charge on any atom is -0.350 e. The van der Waals surface area contributed by atoms with Crippen LogP contribution >= 0.6 is 0 Å². The predicted molar refractivity (Wildman–Crippen MR) is 125 cm³/mol. The Kier molecular flexibility index (Phi) is 5.60. The van der Waals surface area contributed by atoms with Crippen molar-refractivity contribution in [3.63, 3.8) is 0 Å². The molecular weight excluding hydrogens is 414 g/mol. The number of aromatic nitrogens is 3. The van der Waals surface area contributed by atoms with Gasteiger partial charge >= 0.3 is 0 Å². The van der Waals surface area contributed by atoms with E-state index in [4.69, 9.17) is 4.98 Å². The maximum Gasteiger partial charge on any atom is 0.247 e. The molecule has 0 bridgehead atoms. The molecule has 33 heavy (non-hydrogen) atoms. The quantitative estimate of drug-likeness (QED) is 0.496. The van der Waals surface area contributed by atoms with Gasteiger partial charge in [-0.2, -0.15) is 0 Å². The molecule has 0 spiro atoms. The molecule has 2 aromatic carbocycles. The molecule has 2 atom stereocenters. The van der Waals surface area contributed by atoms with Gasteiger partial charge in [0.05, 0.1) is 35.7 Å². The summed E-state index contributed by atoms with van der Waals surface area (Å²) in [6.45, 7) is 2.79. The van der Waals surface area contributed by atoms with Gasteiger partial charge in [-0.05, 0) is 36.8 Å². The number of para-hydroxylation sites is 2. The van der Waals surface area contributed by atoms with E-state index >= 15 is 0 Å². The number of hydrogen-bond donors (Lipinski definition) is 1. The van der Waals surface area contributed by atoms with Gasteiger partial charge in [-0.25, -0.2) is 4.98 Å². The highest BCUT2D eigenvalue weighted by Crippen LogP contribution is 2.37. The summed E-state index contributed by atoms with van der Waals surface area (Å²) in [4.78, 5) is 37.6. The highest BCUT2D eigenvalue weighted by molar-refractivity contribution is 5.90. The summed E-state index contributed by atoms with van der Waals surface area (Å²) < 4.78 is 1.95. The summed E-state index contributed by atoms with van der Waals surface area (Å²) in [6.07, 6.45) is 1.73. The van der Waals surface area contributed by atoms with Crippen LogP contribution in [0.2, 0.25) is 0 Å². The number of rotatable bonds is 6. The molecule has 0 unspecified atom stereocenters. The number of fused-ring (bicyclic) bond motifs is 3. The minimum atomic E-state index is -0.656. The standard InChI is InChI=1S/C26H25N5O2/c1-18-25-29-21-12-5-6-13-22(21)31(25)23(15-24(32)28-16-20-11-7-8-14-27-20)26(33)30(18)17-19-9-3-2-4-10-19/h2-14,18,23H,15-17H2,1H3,(H,28,32)/t18-,23-/m1/s1. The molecule has 5 rings (SSSR count). The second kappa shape index (κ2) is 8.86. The van der Waals surface area contributed by atoms with Crippen molar-refractivity contribution < 1.29 is 9.59 Å². The molecule has 0 fully saturated rings. The minimum absolute atomic E-state index is 0.0387. The Hall–Kier alpha value is -4.00. The summed E-state index contributed by atoms with van der Waals surface area (Å²) in [7, 11) is 0. The molecule has 1 aliphatic rings. The molecule has 4 aromatic rings. The van der Waals surface area contributed by atoms with Gasteiger partial charge in [0.1, 0.15) is 11.9 Å². The molecule has 1 N–H and O–H groups in total. The molecule has 166 valence electrons. The largest absolute Gasteiger partial charge is 0.350 e. The number of amides is 2. The van der Waals surface area contributed by atoms with Gasteiger partial charge in [0.2, 0.25) is 11.8 Å². The van der Waals surface area contributed by atoms with Crippen LogP contribution in [0.5, 0.6) is 0 Å². The summed E-state index contributed by atoms with van der Waals surface area (Å²) >= 11 is 0. The van der Waals surface area contributed by atoms with E-state index in [2.05, 4.69) is 10.3 Å². The first-order valence-electron chi connectivity index (χ1n) is 11.1. The lowest BCUT2D eigenvalue weighted by Gasteiger charge is -2.38. The Balaban J connectivity index is 1.46. The van der Waals surface area contributed by atoms with E-state index < -0.39 is 6.04 Å². The maximum absolute atomic E-state index is 13.7. The second-order valence-corrected chi connectivity index (χ2v) is 8.27. The van der Waals surface area contributed by atoms with E-state index in [-0.39, 0.29) is 24.3 Å². The predicted octanol–water partition coefficient (Wildman–Crippen LogP) is 3.78. The van der Waals surface area contributed by atoms with E-state index in [0.717, 1.165) is 28.1 Å². The number of carbonyl (C=O) groups excluding carboxylic acids is 2. The topological polar surface area (TPSA) is 80.1 Å². The van der Waals surface area contributed by atoms with E-state index in [1.807, 2.05) is 89.2 Å². The molecule has 0 saturated carbocycles. The fraction of sp³-hybridized carbons (Fsp3) is 0.231.